The number of rotatable bonds is 1. The van der Waals surface area contributed by atoms with Crippen molar-refractivity contribution in [2.45, 2.75) is 0 Å². The maximum Gasteiger partial charge on any atom is 0.0728 e. The Morgan fingerprint density at radius 3 is 2.33 bits per heavy atom. The van der Waals surface area contributed by atoms with Gasteiger partial charge in [-0.3, -0.25) is 0 Å². The number of benzene rings is 3. The van der Waals surface area contributed by atoms with Gasteiger partial charge in [0.1, 0.15) is 0 Å². The first-order chi connectivity index (χ1) is 10.3. The Hall–Kier alpha value is -2.74. The Morgan fingerprint density at radius 1 is 0.714 bits per heavy atom. The SMILES string of the molecule is CN1C=CN(c2ccccc2)c2ccc3ccccc3c21. The van der Waals surface area contributed by atoms with E-state index in [1.165, 1.54) is 27.8 Å². The Labute approximate surface area is 124 Å². The lowest BCUT2D eigenvalue weighted by Crippen LogP contribution is -2.21. The molecule has 0 aromatic heterocycles. The zero-order chi connectivity index (χ0) is 14.2. The summed E-state index contributed by atoms with van der Waals surface area (Å²) in [5.41, 5.74) is 3.64. The molecule has 0 amide bonds. The van der Waals surface area contributed by atoms with Gasteiger partial charge in [-0.2, -0.15) is 0 Å². The van der Waals surface area contributed by atoms with Gasteiger partial charge in [0.05, 0.1) is 11.4 Å². The van der Waals surface area contributed by atoms with Crippen molar-refractivity contribution in [3.8, 4) is 0 Å². The third kappa shape index (κ3) is 1.88. The molecule has 0 saturated carbocycles. The van der Waals surface area contributed by atoms with E-state index in [1.54, 1.807) is 0 Å². The molecule has 3 aromatic rings. The van der Waals surface area contributed by atoms with Crippen molar-refractivity contribution in [1.29, 1.82) is 0 Å². The molecule has 1 heterocycles. The quantitative estimate of drug-likeness (QED) is 0.621. The molecule has 0 fully saturated rings. The Morgan fingerprint density at radius 2 is 1.48 bits per heavy atom. The van der Waals surface area contributed by atoms with Crippen LogP contribution in [0.3, 0.4) is 0 Å². The van der Waals surface area contributed by atoms with E-state index < -0.39 is 0 Å². The van der Waals surface area contributed by atoms with Crippen LogP contribution in [0.25, 0.3) is 10.8 Å². The van der Waals surface area contributed by atoms with Gasteiger partial charge in [-0.15, -0.1) is 0 Å². The first-order valence-electron chi connectivity index (χ1n) is 7.12. The van der Waals surface area contributed by atoms with Crippen LogP contribution >= 0.6 is 0 Å². The molecular weight excluding hydrogens is 256 g/mol. The Bertz CT molecular complexity index is 821. The first kappa shape index (κ1) is 12.0. The molecule has 0 aliphatic carbocycles. The average molecular weight is 272 g/mol. The van der Waals surface area contributed by atoms with Crippen LogP contribution in [0, 0.1) is 0 Å². The smallest absolute Gasteiger partial charge is 0.0728 e. The van der Waals surface area contributed by atoms with Gasteiger partial charge in [-0.05, 0) is 23.6 Å². The standard InChI is InChI=1S/C19H16N2/c1-20-13-14-21(16-8-3-2-4-9-16)18-12-11-15-7-5-6-10-17(15)19(18)20/h2-14H,1H3. The van der Waals surface area contributed by atoms with Crippen molar-refractivity contribution < 1.29 is 0 Å². The maximum atomic E-state index is 2.24. The molecular formula is C19H16N2. The molecule has 21 heavy (non-hydrogen) atoms. The molecule has 0 atom stereocenters. The average Bonchev–Trinajstić information content (AvgIpc) is 2.55. The molecule has 0 unspecified atom stereocenters. The molecule has 1 aliphatic heterocycles. The summed E-state index contributed by atoms with van der Waals surface area (Å²) in [4.78, 5) is 4.43. The Kier molecular flexibility index (Phi) is 2.68. The second-order valence-electron chi connectivity index (χ2n) is 5.27. The molecule has 4 rings (SSSR count). The molecule has 0 N–H and O–H groups in total. The van der Waals surface area contributed by atoms with E-state index in [9.17, 15) is 0 Å². The van der Waals surface area contributed by atoms with E-state index in [0.29, 0.717) is 0 Å². The number of hydrogen-bond acceptors (Lipinski definition) is 2. The van der Waals surface area contributed by atoms with Crippen molar-refractivity contribution in [2.75, 3.05) is 16.8 Å². The zero-order valence-corrected chi connectivity index (χ0v) is 11.9. The summed E-state index contributed by atoms with van der Waals surface area (Å²) in [6, 6.07) is 23.4. The van der Waals surface area contributed by atoms with Crippen LogP contribution in [-0.4, -0.2) is 7.05 Å². The molecule has 1 aliphatic rings. The number of para-hydroxylation sites is 1. The van der Waals surface area contributed by atoms with E-state index in [-0.39, 0.29) is 0 Å². The summed E-state index contributed by atoms with van der Waals surface area (Å²) >= 11 is 0. The summed E-state index contributed by atoms with van der Waals surface area (Å²) < 4.78 is 0. The molecule has 0 bridgehead atoms. The summed E-state index contributed by atoms with van der Waals surface area (Å²) in [6.07, 6.45) is 4.23. The molecule has 0 saturated heterocycles. The maximum absolute atomic E-state index is 2.24. The van der Waals surface area contributed by atoms with E-state index >= 15 is 0 Å². The van der Waals surface area contributed by atoms with Crippen LogP contribution in [0.1, 0.15) is 0 Å². The van der Waals surface area contributed by atoms with Gasteiger partial charge in [-0.1, -0.05) is 48.5 Å². The summed E-state index contributed by atoms with van der Waals surface area (Å²) in [5, 5.41) is 2.55. The third-order valence-corrected chi connectivity index (χ3v) is 3.97. The van der Waals surface area contributed by atoms with Gasteiger partial charge in [0.25, 0.3) is 0 Å². The summed E-state index contributed by atoms with van der Waals surface area (Å²) in [5.74, 6) is 0. The molecule has 0 spiro atoms. The van der Waals surface area contributed by atoms with Crippen LogP contribution in [0.5, 0.6) is 0 Å². The fourth-order valence-corrected chi connectivity index (χ4v) is 2.94. The second kappa shape index (κ2) is 4.67. The predicted octanol–water partition coefficient (Wildman–Crippen LogP) is 4.90. The van der Waals surface area contributed by atoms with Crippen LogP contribution in [0.15, 0.2) is 79.1 Å². The van der Waals surface area contributed by atoms with E-state index in [1.807, 2.05) is 6.07 Å². The number of fused-ring (bicyclic) bond motifs is 3. The highest BCUT2D eigenvalue weighted by molar-refractivity contribution is 6.03. The monoisotopic (exact) mass is 272 g/mol. The summed E-state index contributed by atoms with van der Waals surface area (Å²) in [6.45, 7) is 0. The minimum absolute atomic E-state index is 1.18. The molecule has 0 radical (unpaired) electrons. The van der Waals surface area contributed by atoms with Crippen molar-refractivity contribution in [2.24, 2.45) is 0 Å². The van der Waals surface area contributed by atoms with Crippen molar-refractivity contribution >= 4 is 27.8 Å². The largest absolute Gasteiger partial charge is 0.347 e. The minimum atomic E-state index is 1.18. The lowest BCUT2D eigenvalue weighted by atomic mass is 10.0. The van der Waals surface area contributed by atoms with Gasteiger partial charge < -0.3 is 9.80 Å². The van der Waals surface area contributed by atoms with Gasteiger partial charge in [0.15, 0.2) is 0 Å². The molecule has 2 heteroatoms. The van der Waals surface area contributed by atoms with Crippen molar-refractivity contribution in [1.82, 2.24) is 0 Å². The topological polar surface area (TPSA) is 6.48 Å². The molecule has 3 aromatic carbocycles. The number of anilines is 3. The van der Waals surface area contributed by atoms with Crippen LogP contribution < -0.4 is 9.80 Å². The van der Waals surface area contributed by atoms with Crippen LogP contribution in [0.2, 0.25) is 0 Å². The van der Waals surface area contributed by atoms with E-state index in [2.05, 4.69) is 89.9 Å². The highest BCUT2D eigenvalue weighted by Gasteiger charge is 2.19. The first-order valence-corrected chi connectivity index (χ1v) is 7.12. The van der Waals surface area contributed by atoms with Crippen molar-refractivity contribution in [3.05, 3.63) is 79.1 Å². The fraction of sp³-hybridized carbons (Fsp3) is 0.0526. The van der Waals surface area contributed by atoms with Crippen molar-refractivity contribution in [3.63, 3.8) is 0 Å². The van der Waals surface area contributed by atoms with Gasteiger partial charge >= 0.3 is 0 Å². The number of hydrogen-bond donors (Lipinski definition) is 0. The van der Waals surface area contributed by atoms with Gasteiger partial charge in [0.2, 0.25) is 0 Å². The zero-order valence-electron chi connectivity index (χ0n) is 11.9. The van der Waals surface area contributed by atoms with Gasteiger partial charge in [-0.25, -0.2) is 0 Å². The molecule has 2 nitrogen and oxygen atoms in total. The second-order valence-corrected chi connectivity index (χ2v) is 5.27. The fourth-order valence-electron chi connectivity index (χ4n) is 2.94. The summed E-state index contributed by atoms with van der Waals surface area (Å²) in [7, 11) is 2.10. The van der Waals surface area contributed by atoms with Crippen LogP contribution in [0.4, 0.5) is 17.1 Å². The predicted molar refractivity (Wildman–Crippen MR) is 90.1 cm³/mol. The van der Waals surface area contributed by atoms with E-state index in [4.69, 9.17) is 0 Å². The van der Waals surface area contributed by atoms with Gasteiger partial charge in [0, 0.05) is 30.5 Å². The lowest BCUT2D eigenvalue weighted by Gasteiger charge is -2.32. The van der Waals surface area contributed by atoms with E-state index in [0.717, 1.165) is 0 Å². The lowest BCUT2D eigenvalue weighted by molar-refractivity contribution is 1.13. The Balaban J connectivity index is 1.97. The minimum Gasteiger partial charge on any atom is -0.347 e. The highest BCUT2D eigenvalue weighted by Crippen LogP contribution is 2.42. The highest BCUT2D eigenvalue weighted by atomic mass is 15.2. The molecule has 102 valence electrons. The number of nitrogens with zero attached hydrogens (tertiary/aromatic N) is 2. The normalized spacial score (nSPS) is 13.6. The third-order valence-electron chi connectivity index (χ3n) is 3.97. The van der Waals surface area contributed by atoms with Crippen LogP contribution in [-0.2, 0) is 0 Å².